The number of hydrogen-bond donors (Lipinski definition) is 0. The topological polar surface area (TPSA) is 37.4 Å². The van der Waals surface area contributed by atoms with Crippen LogP contribution in [0.15, 0.2) is 12.2 Å². The maximum Gasteiger partial charge on any atom is 0.212 e. The van der Waals surface area contributed by atoms with Gasteiger partial charge in [-0.2, -0.15) is 4.31 Å². The Morgan fingerprint density at radius 1 is 1.60 bits per heavy atom. The number of sulfonamides is 1. The minimum atomic E-state index is -2.98. The summed E-state index contributed by atoms with van der Waals surface area (Å²) in [5.74, 6) is 0. The molecule has 0 amide bonds. The quantitative estimate of drug-likeness (QED) is 0.515. The van der Waals surface area contributed by atoms with Crippen molar-refractivity contribution in [1.29, 1.82) is 0 Å². The van der Waals surface area contributed by atoms with Crippen LogP contribution >= 0.6 is 0 Å². The Balaban J connectivity index is 2.79. The van der Waals surface area contributed by atoms with Crippen molar-refractivity contribution in [3.8, 4) is 0 Å². The smallest absolute Gasteiger partial charge is 0.212 e. The highest BCUT2D eigenvalue weighted by molar-refractivity contribution is 7.88. The van der Waals surface area contributed by atoms with Gasteiger partial charge in [0.15, 0.2) is 0 Å². The fourth-order valence-corrected chi connectivity index (χ4v) is 2.09. The van der Waals surface area contributed by atoms with Crippen LogP contribution in [0.2, 0.25) is 0 Å². The zero-order chi connectivity index (χ0) is 7.78. The standard InChI is InChI=1S/C6H11NO2S/c1-6-4-3-5-7(6)10(2,8)9/h3-4,6H,5H2,1-2H3. The van der Waals surface area contributed by atoms with Crippen molar-refractivity contribution < 1.29 is 8.42 Å². The van der Waals surface area contributed by atoms with Gasteiger partial charge < -0.3 is 0 Å². The molecule has 0 radical (unpaired) electrons. The average Bonchev–Trinajstić information content (AvgIpc) is 2.11. The predicted octanol–water partition coefficient (Wildman–Crippen LogP) is 0.206. The molecule has 0 aromatic carbocycles. The maximum absolute atomic E-state index is 10.9. The van der Waals surface area contributed by atoms with Gasteiger partial charge in [0.1, 0.15) is 0 Å². The molecule has 10 heavy (non-hydrogen) atoms. The summed E-state index contributed by atoms with van der Waals surface area (Å²) in [6.07, 6.45) is 4.99. The molecule has 0 aromatic rings. The van der Waals surface area contributed by atoms with Gasteiger partial charge in [-0.05, 0) is 6.92 Å². The van der Waals surface area contributed by atoms with Gasteiger partial charge in [0.05, 0.1) is 6.26 Å². The van der Waals surface area contributed by atoms with Gasteiger partial charge in [-0.3, -0.25) is 0 Å². The van der Waals surface area contributed by atoms with E-state index in [-0.39, 0.29) is 6.04 Å². The molecule has 4 heteroatoms. The van der Waals surface area contributed by atoms with E-state index in [1.165, 1.54) is 10.6 Å². The molecule has 0 bridgehead atoms. The normalized spacial score (nSPS) is 27.6. The second-order valence-corrected chi connectivity index (χ2v) is 4.44. The molecule has 1 atom stereocenters. The lowest BCUT2D eigenvalue weighted by atomic mass is 10.4. The molecule has 1 unspecified atom stereocenters. The largest absolute Gasteiger partial charge is 0.212 e. The second kappa shape index (κ2) is 2.36. The summed E-state index contributed by atoms with van der Waals surface area (Å²) < 4.78 is 23.3. The molecule has 1 aliphatic rings. The molecule has 1 heterocycles. The summed E-state index contributed by atoms with van der Waals surface area (Å²) in [4.78, 5) is 0. The molecule has 0 aromatic heterocycles. The van der Waals surface area contributed by atoms with Gasteiger partial charge in [-0.25, -0.2) is 8.42 Å². The molecule has 3 nitrogen and oxygen atoms in total. The molecule has 0 N–H and O–H groups in total. The van der Waals surface area contributed by atoms with E-state index in [1.807, 2.05) is 19.1 Å². The van der Waals surface area contributed by atoms with Crippen LogP contribution in [0.25, 0.3) is 0 Å². The van der Waals surface area contributed by atoms with E-state index in [9.17, 15) is 8.42 Å². The Bertz CT molecular complexity index is 242. The first-order chi connectivity index (χ1) is 4.52. The molecular weight excluding hydrogens is 150 g/mol. The Morgan fingerprint density at radius 2 is 2.20 bits per heavy atom. The van der Waals surface area contributed by atoms with Crippen LogP contribution in [0.5, 0.6) is 0 Å². The van der Waals surface area contributed by atoms with Crippen molar-refractivity contribution in [2.24, 2.45) is 0 Å². The van der Waals surface area contributed by atoms with Crippen molar-refractivity contribution in [2.45, 2.75) is 13.0 Å². The molecule has 1 aliphatic heterocycles. The summed E-state index contributed by atoms with van der Waals surface area (Å²) >= 11 is 0. The summed E-state index contributed by atoms with van der Waals surface area (Å²) in [7, 11) is -2.98. The van der Waals surface area contributed by atoms with Crippen LogP contribution in [-0.2, 0) is 10.0 Å². The Labute approximate surface area is 61.4 Å². The zero-order valence-electron chi connectivity index (χ0n) is 6.11. The molecular formula is C6H11NO2S. The van der Waals surface area contributed by atoms with Crippen molar-refractivity contribution in [1.82, 2.24) is 4.31 Å². The van der Waals surface area contributed by atoms with Gasteiger partial charge in [-0.1, -0.05) is 12.2 Å². The lowest BCUT2D eigenvalue weighted by molar-refractivity contribution is 0.432. The van der Waals surface area contributed by atoms with E-state index in [2.05, 4.69) is 0 Å². The second-order valence-electron chi connectivity index (χ2n) is 2.50. The third-order valence-corrected chi connectivity index (χ3v) is 2.91. The summed E-state index contributed by atoms with van der Waals surface area (Å²) in [6.45, 7) is 2.39. The Hall–Kier alpha value is -0.350. The monoisotopic (exact) mass is 161 g/mol. The highest BCUT2D eigenvalue weighted by atomic mass is 32.2. The summed E-state index contributed by atoms with van der Waals surface area (Å²) in [5.41, 5.74) is 0. The lowest BCUT2D eigenvalue weighted by Gasteiger charge is -2.17. The van der Waals surface area contributed by atoms with Crippen molar-refractivity contribution in [2.75, 3.05) is 12.8 Å². The molecule has 58 valence electrons. The Kier molecular flexibility index (Phi) is 1.83. The van der Waals surface area contributed by atoms with Gasteiger partial charge in [0, 0.05) is 12.6 Å². The first-order valence-electron chi connectivity index (χ1n) is 3.15. The highest BCUT2D eigenvalue weighted by Gasteiger charge is 2.23. The van der Waals surface area contributed by atoms with Crippen LogP contribution in [0.4, 0.5) is 0 Å². The van der Waals surface area contributed by atoms with Crippen LogP contribution in [0, 0.1) is 0 Å². The SMILES string of the molecule is CC1C=CCN1S(C)(=O)=O. The van der Waals surface area contributed by atoms with Gasteiger partial charge in [0.2, 0.25) is 10.0 Å². The van der Waals surface area contributed by atoms with Crippen LogP contribution in [0.1, 0.15) is 6.92 Å². The molecule has 0 saturated heterocycles. The van der Waals surface area contributed by atoms with E-state index in [0.29, 0.717) is 6.54 Å². The Morgan fingerprint density at radius 3 is 2.40 bits per heavy atom. The fourth-order valence-electron chi connectivity index (χ4n) is 1.06. The predicted molar refractivity (Wildman–Crippen MR) is 40.2 cm³/mol. The van der Waals surface area contributed by atoms with Crippen LogP contribution < -0.4 is 0 Å². The van der Waals surface area contributed by atoms with E-state index >= 15 is 0 Å². The lowest BCUT2D eigenvalue weighted by Crippen LogP contribution is -2.33. The number of rotatable bonds is 1. The first kappa shape index (κ1) is 7.75. The van der Waals surface area contributed by atoms with Crippen LogP contribution in [-0.4, -0.2) is 31.6 Å². The molecule has 0 fully saturated rings. The maximum atomic E-state index is 10.9. The van der Waals surface area contributed by atoms with E-state index < -0.39 is 10.0 Å². The van der Waals surface area contributed by atoms with Crippen molar-refractivity contribution in [3.63, 3.8) is 0 Å². The third kappa shape index (κ3) is 1.38. The van der Waals surface area contributed by atoms with E-state index in [1.54, 1.807) is 0 Å². The molecule has 0 spiro atoms. The minimum Gasteiger partial charge on any atom is -0.212 e. The van der Waals surface area contributed by atoms with Crippen molar-refractivity contribution >= 4 is 10.0 Å². The average molecular weight is 161 g/mol. The highest BCUT2D eigenvalue weighted by Crippen LogP contribution is 2.11. The minimum absolute atomic E-state index is 0.0370. The summed E-state index contributed by atoms with van der Waals surface area (Å²) in [5, 5.41) is 0. The molecule has 0 saturated carbocycles. The third-order valence-electron chi connectivity index (χ3n) is 1.58. The van der Waals surface area contributed by atoms with Crippen LogP contribution in [0.3, 0.4) is 0 Å². The van der Waals surface area contributed by atoms with E-state index in [0.717, 1.165) is 0 Å². The van der Waals surface area contributed by atoms with E-state index in [4.69, 9.17) is 0 Å². The van der Waals surface area contributed by atoms with Gasteiger partial charge >= 0.3 is 0 Å². The number of hydrogen-bond acceptors (Lipinski definition) is 2. The van der Waals surface area contributed by atoms with Gasteiger partial charge in [0.25, 0.3) is 0 Å². The summed E-state index contributed by atoms with van der Waals surface area (Å²) in [6, 6.07) is 0.0370. The first-order valence-corrected chi connectivity index (χ1v) is 5.00. The van der Waals surface area contributed by atoms with Crippen molar-refractivity contribution in [3.05, 3.63) is 12.2 Å². The molecule has 1 rings (SSSR count). The zero-order valence-corrected chi connectivity index (χ0v) is 6.93. The molecule has 0 aliphatic carbocycles. The fraction of sp³-hybridized carbons (Fsp3) is 0.667. The van der Waals surface area contributed by atoms with Gasteiger partial charge in [-0.15, -0.1) is 0 Å². The number of nitrogens with zero attached hydrogens (tertiary/aromatic N) is 1.